The summed E-state index contributed by atoms with van der Waals surface area (Å²) in [6, 6.07) is 7.78. The van der Waals surface area contributed by atoms with E-state index in [-0.39, 0.29) is 28.8 Å². The number of hydrogen-bond acceptors (Lipinski definition) is 4. The summed E-state index contributed by atoms with van der Waals surface area (Å²) in [7, 11) is 0. The van der Waals surface area contributed by atoms with Crippen LogP contribution in [-0.2, 0) is 19.7 Å². The zero-order chi connectivity index (χ0) is 15.9. The fourth-order valence-electron chi connectivity index (χ4n) is 1.86. The Balaban J connectivity index is 2.54. The van der Waals surface area contributed by atoms with Crippen LogP contribution in [0.5, 0.6) is 0 Å². The molecule has 0 bridgehead atoms. The Kier molecular flexibility index (Phi) is 6.75. The molecular weight excluding hydrogens is 286 g/mol. The Morgan fingerprint density at radius 2 is 1.86 bits per heavy atom. The molecule has 1 aromatic carbocycles. The van der Waals surface area contributed by atoms with Crippen LogP contribution in [0.2, 0.25) is 0 Å². The van der Waals surface area contributed by atoms with Crippen LogP contribution in [0, 0.1) is 0 Å². The highest BCUT2D eigenvalue weighted by Gasteiger charge is 2.18. The summed E-state index contributed by atoms with van der Waals surface area (Å²) in [6.07, 6.45) is 0. The molecule has 116 valence electrons. The van der Waals surface area contributed by atoms with Crippen molar-refractivity contribution in [1.29, 1.82) is 0 Å². The molecule has 0 aliphatic carbocycles. The highest BCUT2D eigenvalue weighted by molar-refractivity contribution is 8.00. The maximum atomic E-state index is 11.9. The largest absolute Gasteiger partial charge is 0.465 e. The predicted octanol–water partition coefficient (Wildman–Crippen LogP) is 3.22. The van der Waals surface area contributed by atoms with Crippen molar-refractivity contribution in [2.24, 2.45) is 0 Å². The minimum Gasteiger partial charge on any atom is -0.465 e. The first kappa shape index (κ1) is 17.6. The number of nitrogens with one attached hydrogen (secondary N) is 1. The summed E-state index contributed by atoms with van der Waals surface area (Å²) in [6.45, 7) is 8.44. The van der Waals surface area contributed by atoms with E-state index >= 15 is 0 Å². The van der Waals surface area contributed by atoms with Gasteiger partial charge in [0.05, 0.1) is 18.1 Å². The van der Waals surface area contributed by atoms with Gasteiger partial charge < -0.3 is 10.1 Å². The molecule has 21 heavy (non-hydrogen) atoms. The first-order chi connectivity index (χ1) is 9.84. The SMILES string of the molecule is CCOC(=O)CSCC(=O)Nc1ccccc1C(C)(C)C. The van der Waals surface area contributed by atoms with Crippen LogP contribution in [0.25, 0.3) is 0 Å². The third-order valence-electron chi connectivity index (χ3n) is 2.77. The van der Waals surface area contributed by atoms with E-state index in [1.165, 1.54) is 11.8 Å². The molecular formula is C16H23NO3S. The lowest BCUT2D eigenvalue weighted by atomic mass is 9.86. The zero-order valence-electron chi connectivity index (χ0n) is 13.1. The number of thioether (sulfide) groups is 1. The van der Waals surface area contributed by atoms with E-state index in [1.807, 2.05) is 24.3 Å². The summed E-state index contributed by atoms with van der Waals surface area (Å²) in [5, 5.41) is 2.91. The number of carbonyl (C=O) groups is 2. The molecule has 0 radical (unpaired) electrons. The van der Waals surface area contributed by atoms with Crippen molar-refractivity contribution in [1.82, 2.24) is 0 Å². The molecule has 4 nitrogen and oxygen atoms in total. The summed E-state index contributed by atoms with van der Waals surface area (Å²) in [4.78, 5) is 23.1. The number of anilines is 1. The van der Waals surface area contributed by atoms with Gasteiger partial charge in [0.25, 0.3) is 0 Å². The normalized spacial score (nSPS) is 11.0. The molecule has 0 aliphatic rings. The number of rotatable bonds is 6. The highest BCUT2D eigenvalue weighted by Crippen LogP contribution is 2.29. The Labute approximate surface area is 130 Å². The lowest BCUT2D eigenvalue weighted by Crippen LogP contribution is -2.20. The van der Waals surface area contributed by atoms with Gasteiger partial charge in [-0.1, -0.05) is 39.0 Å². The summed E-state index contributed by atoms with van der Waals surface area (Å²) in [5.41, 5.74) is 1.88. The van der Waals surface area contributed by atoms with Crippen LogP contribution < -0.4 is 5.32 Å². The van der Waals surface area contributed by atoms with E-state index in [0.717, 1.165) is 11.3 Å². The molecule has 0 heterocycles. The maximum Gasteiger partial charge on any atom is 0.315 e. The van der Waals surface area contributed by atoms with Crippen molar-refractivity contribution in [2.75, 3.05) is 23.4 Å². The second kappa shape index (κ2) is 8.08. The highest BCUT2D eigenvalue weighted by atomic mass is 32.2. The van der Waals surface area contributed by atoms with Gasteiger partial charge in [0, 0.05) is 5.69 Å². The van der Waals surface area contributed by atoms with Crippen molar-refractivity contribution in [2.45, 2.75) is 33.1 Å². The molecule has 0 unspecified atom stereocenters. The molecule has 0 fully saturated rings. The van der Waals surface area contributed by atoms with Gasteiger partial charge in [-0.05, 0) is 24.0 Å². The monoisotopic (exact) mass is 309 g/mol. The smallest absolute Gasteiger partial charge is 0.315 e. The molecule has 0 atom stereocenters. The first-order valence-corrected chi connectivity index (χ1v) is 8.12. The second-order valence-corrected chi connectivity index (χ2v) is 6.63. The van der Waals surface area contributed by atoms with Gasteiger partial charge in [-0.3, -0.25) is 9.59 Å². The van der Waals surface area contributed by atoms with Gasteiger partial charge in [-0.2, -0.15) is 0 Å². The predicted molar refractivity (Wildman–Crippen MR) is 87.7 cm³/mol. The number of ether oxygens (including phenoxy) is 1. The summed E-state index contributed by atoms with van der Waals surface area (Å²) >= 11 is 1.26. The minimum atomic E-state index is -0.287. The Bertz CT molecular complexity index is 495. The van der Waals surface area contributed by atoms with Crippen LogP contribution >= 0.6 is 11.8 Å². The van der Waals surface area contributed by atoms with E-state index in [0.29, 0.717) is 6.61 Å². The van der Waals surface area contributed by atoms with Crippen molar-refractivity contribution >= 4 is 29.3 Å². The lowest BCUT2D eigenvalue weighted by Gasteiger charge is -2.22. The topological polar surface area (TPSA) is 55.4 Å². The number of esters is 1. The van der Waals surface area contributed by atoms with E-state index in [2.05, 4.69) is 26.1 Å². The fraction of sp³-hybridized carbons (Fsp3) is 0.500. The number of para-hydroxylation sites is 1. The van der Waals surface area contributed by atoms with Gasteiger partial charge in [0.1, 0.15) is 0 Å². The van der Waals surface area contributed by atoms with Crippen molar-refractivity contribution in [3.8, 4) is 0 Å². The molecule has 0 spiro atoms. The van der Waals surface area contributed by atoms with Gasteiger partial charge in [-0.15, -0.1) is 11.8 Å². The average molecular weight is 309 g/mol. The van der Waals surface area contributed by atoms with Crippen LogP contribution in [0.3, 0.4) is 0 Å². The summed E-state index contributed by atoms with van der Waals surface area (Å²) in [5.74, 6) is 0.0332. The number of amides is 1. The second-order valence-electron chi connectivity index (χ2n) is 5.64. The number of carbonyl (C=O) groups excluding carboxylic acids is 2. The average Bonchev–Trinajstić information content (AvgIpc) is 2.38. The molecule has 1 amide bonds. The van der Waals surface area contributed by atoms with Gasteiger partial charge in [0.15, 0.2) is 0 Å². The van der Waals surface area contributed by atoms with Crippen LogP contribution in [0.4, 0.5) is 5.69 Å². The van der Waals surface area contributed by atoms with E-state index in [9.17, 15) is 9.59 Å². The van der Waals surface area contributed by atoms with Crippen molar-refractivity contribution in [3.63, 3.8) is 0 Å². The standard InChI is InChI=1S/C16H23NO3S/c1-5-20-15(19)11-21-10-14(18)17-13-9-7-6-8-12(13)16(2,3)4/h6-9H,5,10-11H2,1-4H3,(H,17,18). The third kappa shape index (κ3) is 6.21. The summed E-state index contributed by atoms with van der Waals surface area (Å²) < 4.78 is 4.81. The molecule has 1 N–H and O–H groups in total. The maximum absolute atomic E-state index is 11.9. The Hall–Kier alpha value is -1.49. The van der Waals surface area contributed by atoms with Gasteiger partial charge in [0.2, 0.25) is 5.91 Å². The zero-order valence-corrected chi connectivity index (χ0v) is 13.9. The van der Waals surface area contributed by atoms with E-state index < -0.39 is 0 Å². The van der Waals surface area contributed by atoms with E-state index in [4.69, 9.17) is 4.74 Å². The molecule has 0 aliphatic heterocycles. The lowest BCUT2D eigenvalue weighted by molar-refractivity contribution is -0.139. The van der Waals surface area contributed by atoms with Crippen LogP contribution in [-0.4, -0.2) is 30.0 Å². The fourth-order valence-corrected chi connectivity index (χ4v) is 2.47. The molecule has 0 saturated carbocycles. The Morgan fingerprint density at radius 1 is 1.19 bits per heavy atom. The number of hydrogen-bond donors (Lipinski definition) is 1. The van der Waals surface area contributed by atoms with Gasteiger partial charge >= 0.3 is 5.97 Å². The van der Waals surface area contributed by atoms with E-state index in [1.54, 1.807) is 6.92 Å². The first-order valence-electron chi connectivity index (χ1n) is 6.97. The molecule has 1 aromatic rings. The van der Waals surface area contributed by atoms with Gasteiger partial charge in [-0.25, -0.2) is 0 Å². The van der Waals surface area contributed by atoms with Crippen molar-refractivity contribution in [3.05, 3.63) is 29.8 Å². The quantitative estimate of drug-likeness (QED) is 0.820. The third-order valence-corrected chi connectivity index (χ3v) is 3.67. The molecule has 1 rings (SSSR count). The minimum absolute atomic E-state index is 0.0397. The van der Waals surface area contributed by atoms with Crippen LogP contribution in [0.15, 0.2) is 24.3 Å². The van der Waals surface area contributed by atoms with Crippen LogP contribution in [0.1, 0.15) is 33.3 Å². The van der Waals surface area contributed by atoms with Crippen molar-refractivity contribution < 1.29 is 14.3 Å². The number of benzene rings is 1. The molecule has 5 heteroatoms. The molecule has 0 aromatic heterocycles. The Morgan fingerprint density at radius 3 is 2.48 bits per heavy atom. The molecule has 0 saturated heterocycles.